The van der Waals surface area contributed by atoms with Crippen LogP contribution in [-0.4, -0.2) is 24.2 Å². The van der Waals surface area contributed by atoms with Crippen molar-refractivity contribution in [2.75, 3.05) is 20.0 Å². The lowest BCUT2D eigenvalue weighted by molar-refractivity contribution is 0.394. The fourth-order valence-corrected chi connectivity index (χ4v) is 1.64. The number of nitrogen functional groups attached to an aromatic ring is 1. The van der Waals surface area contributed by atoms with E-state index in [1.54, 1.807) is 26.4 Å². The van der Waals surface area contributed by atoms with Crippen molar-refractivity contribution < 1.29 is 9.47 Å². The van der Waals surface area contributed by atoms with Crippen molar-refractivity contribution in [1.82, 2.24) is 9.97 Å². The van der Waals surface area contributed by atoms with Crippen LogP contribution in [0.3, 0.4) is 0 Å². The van der Waals surface area contributed by atoms with Gasteiger partial charge in [0.15, 0.2) is 0 Å². The van der Waals surface area contributed by atoms with Crippen LogP contribution in [0.2, 0.25) is 0 Å². The second-order valence-electron chi connectivity index (χ2n) is 3.74. The second kappa shape index (κ2) is 5.27. The quantitative estimate of drug-likeness (QED) is 0.846. The number of hydrogen-bond donors (Lipinski definition) is 1. The van der Waals surface area contributed by atoms with E-state index < -0.39 is 0 Å². The molecule has 1 aromatic heterocycles. The number of terminal acetylenes is 1. The predicted molar refractivity (Wildman–Crippen MR) is 72.9 cm³/mol. The summed E-state index contributed by atoms with van der Waals surface area (Å²) in [5.74, 6) is 3.90. The van der Waals surface area contributed by atoms with Gasteiger partial charge >= 0.3 is 0 Å². The van der Waals surface area contributed by atoms with Crippen molar-refractivity contribution in [3.63, 3.8) is 0 Å². The van der Waals surface area contributed by atoms with Crippen molar-refractivity contribution in [1.29, 1.82) is 0 Å². The Morgan fingerprint density at radius 2 is 1.68 bits per heavy atom. The largest absolute Gasteiger partial charge is 0.497 e. The molecule has 0 aliphatic heterocycles. The van der Waals surface area contributed by atoms with Crippen LogP contribution in [-0.2, 0) is 0 Å². The highest BCUT2D eigenvalue weighted by Crippen LogP contribution is 2.29. The molecule has 0 atom stereocenters. The standard InChI is InChI=1S/C14H13N3O2/c1-4-10-7-13(17-14(15)16-10)9-5-11(18-2)8-12(6-9)19-3/h1,5-8H,2-3H3,(H2,15,16,17). The van der Waals surface area contributed by atoms with Crippen LogP contribution in [0.15, 0.2) is 24.3 Å². The smallest absolute Gasteiger partial charge is 0.221 e. The highest BCUT2D eigenvalue weighted by Gasteiger charge is 2.08. The topological polar surface area (TPSA) is 70.3 Å². The van der Waals surface area contributed by atoms with Gasteiger partial charge in [0.05, 0.1) is 19.9 Å². The molecular formula is C14H13N3O2. The predicted octanol–water partition coefficient (Wildman–Crippen LogP) is 1.72. The molecule has 0 radical (unpaired) electrons. The Bertz CT molecular complexity index is 625. The number of nitrogens with two attached hydrogens (primary N) is 1. The molecule has 0 saturated heterocycles. The summed E-state index contributed by atoms with van der Waals surface area (Å²) >= 11 is 0. The van der Waals surface area contributed by atoms with Gasteiger partial charge in [-0.3, -0.25) is 0 Å². The van der Waals surface area contributed by atoms with Crippen LogP contribution >= 0.6 is 0 Å². The molecule has 0 aliphatic carbocycles. The molecule has 0 saturated carbocycles. The van der Waals surface area contributed by atoms with Crippen LogP contribution in [0.4, 0.5) is 5.95 Å². The molecule has 0 fully saturated rings. The zero-order valence-electron chi connectivity index (χ0n) is 10.7. The fraction of sp³-hybridized carbons (Fsp3) is 0.143. The van der Waals surface area contributed by atoms with E-state index in [-0.39, 0.29) is 5.95 Å². The minimum Gasteiger partial charge on any atom is -0.497 e. The van der Waals surface area contributed by atoms with Gasteiger partial charge in [-0.25, -0.2) is 9.97 Å². The Kier molecular flexibility index (Phi) is 3.53. The van der Waals surface area contributed by atoms with Crippen molar-refractivity contribution in [2.24, 2.45) is 0 Å². The Morgan fingerprint density at radius 1 is 1.05 bits per heavy atom. The molecule has 0 aliphatic rings. The van der Waals surface area contributed by atoms with Gasteiger partial charge in [0.25, 0.3) is 0 Å². The minimum atomic E-state index is 0.132. The summed E-state index contributed by atoms with van der Waals surface area (Å²) in [7, 11) is 3.17. The van der Waals surface area contributed by atoms with Crippen LogP contribution in [0.25, 0.3) is 11.3 Å². The van der Waals surface area contributed by atoms with Crippen LogP contribution in [0, 0.1) is 12.3 Å². The fourth-order valence-electron chi connectivity index (χ4n) is 1.64. The third-order valence-corrected chi connectivity index (χ3v) is 2.54. The lowest BCUT2D eigenvalue weighted by Crippen LogP contribution is -1.99. The lowest BCUT2D eigenvalue weighted by atomic mass is 10.1. The summed E-state index contributed by atoms with van der Waals surface area (Å²) in [6.45, 7) is 0. The number of methoxy groups -OCH3 is 2. The second-order valence-corrected chi connectivity index (χ2v) is 3.74. The number of nitrogens with zero attached hydrogens (tertiary/aromatic N) is 2. The first-order valence-electron chi connectivity index (χ1n) is 5.51. The molecule has 2 rings (SSSR count). The molecule has 1 aromatic carbocycles. The highest BCUT2D eigenvalue weighted by atomic mass is 16.5. The average molecular weight is 255 g/mol. The number of benzene rings is 1. The molecule has 0 amide bonds. The summed E-state index contributed by atoms with van der Waals surface area (Å²) in [6.07, 6.45) is 5.33. The molecule has 0 bridgehead atoms. The van der Waals surface area contributed by atoms with Crippen LogP contribution in [0.5, 0.6) is 11.5 Å². The molecule has 2 N–H and O–H groups in total. The zero-order valence-corrected chi connectivity index (χ0v) is 10.7. The number of rotatable bonds is 3. The Hall–Kier alpha value is -2.74. The monoisotopic (exact) mass is 255 g/mol. The SMILES string of the molecule is C#Cc1cc(-c2cc(OC)cc(OC)c2)nc(N)n1. The molecule has 96 valence electrons. The van der Waals surface area contributed by atoms with Crippen LogP contribution < -0.4 is 15.2 Å². The van der Waals surface area contributed by atoms with E-state index in [0.29, 0.717) is 22.9 Å². The first-order valence-corrected chi connectivity index (χ1v) is 5.51. The number of hydrogen-bond acceptors (Lipinski definition) is 5. The molecule has 5 heteroatoms. The molecule has 0 spiro atoms. The molecule has 5 nitrogen and oxygen atoms in total. The Balaban J connectivity index is 2.58. The van der Waals surface area contributed by atoms with Gasteiger partial charge in [-0.1, -0.05) is 5.92 Å². The first kappa shape index (κ1) is 12.7. The number of aromatic nitrogens is 2. The lowest BCUT2D eigenvalue weighted by Gasteiger charge is -2.08. The Labute approximate surface area is 111 Å². The minimum absolute atomic E-state index is 0.132. The van der Waals surface area contributed by atoms with Gasteiger partial charge in [0, 0.05) is 11.6 Å². The summed E-state index contributed by atoms with van der Waals surface area (Å²) in [5, 5.41) is 0. The van der Waals surface area contributed by atoms with Crippen molar-refractivity contribution in [2.45, 2.75) is 0 Å². The van der Waals surface area contributed by atoms with Gasteiger partial charge in [0.2, 0.25) is 5.95 Å². The molecule has 19 heavy (non-hydrogen) atoms. The van der Waals surface area contributed by atoms with Crippen LogP contribution in [0.1, 0.15) is 5.69 Å². The Morgan fingerprint density at radius 3 is 2.21 bits per heavy atom. The highest BCUT2D eigenvalue weighted by molar-refractivity contribution is 5.65. The van der Waals surface area contributed by atoms with E-state index in [0.717, 1.165) is 5.56 Å². The van der Waals surface area contributed by atoms with E-state index in [1.807, 2.05) is 12.1 Å². The normalized spacial score (nSPS) is 9.74. The number of anilines is 1. The molecule has 0 unspecified atom stereocenters. The van der Waals surface area contributed by atoms with Crippen molar-refractivity contribution in [3.8, 4) is 35.1 Å². The first-order chi connectivity index (χ1) is 9.16. The van der Waals surface area contributed by atoms with E-state index in [9.17, 15) is 0 Å². The summed E-state index contributed by atoms with van der Waals surface area (Å²) < 4.78 is 10.4. The third-order valence-electron chi connectivity index (χ3n) is 2.54. The van der Waals surface area contributed by atoms with Gasteiger partial charge in [-0.15, -0.1) is 6.42 Å². The third kappa shape index (κ3) is 2.75. The van der Waals surface area contributed by atoms with Gasteiger partial charge in [-0.2, -0.15) is 0 Å². The number of ether oxygens (including phenoxy) is 2. The van der Waals surface area contributed by atoms with E-state index in [2.05, 4.69) is 15.9 Å². The summed E-state index contributed by atoms with van der Waals surface area (Å²) in [6, 6.07) is 7.11. The maximum absolute atomic E-state index is 5.63. The van der Waals surface area contributed by atoms with Crippen molar-refractivity contribution >= 4 is 5.95 Å². The molecule has 2 aromatic rings. The maximum Gasteiger partial charge on any atom is 0.221 e. The van der Waals surface area contributed by atoms with Gasteiger partial charge in [0.1, 0.15) is 17.2 Å². The average Bonchev–Trinajstić information content (AvgIpc) is 2.45. The maximum atomic E-state index is 5.63. The molecular weight excluding hydrogens is 242 g/mol. The van der Waals surface area contributed by atoms with E-state index in [4.69, 9.17) is 21.6 Å². The summed E-state index contributed by atoms with van der Waals surface area (Å²) in [4.78, 5) is 8.09. The van der Waals surface area contributed by atoms with Crippen molar-refractivity contribution in [3.05, 3.63) is 30.0 Å². The zero-order chi connectivity index (χ0) is 13.8. The van der Waals surface area contributed by atoms with E-state index in [1.165, 1.54) is 0 Å². The van der Waals surface area contributed by atoms with E-state index >= 15 is 0 Å². The van der Waals surface area contributed by atoms with Gasteiger partial charge < -0.3 is 15.2 Å². The molecule has 1 heterocycles. The summed E-state index contributed by atoms with van der Waals surface area (Å²) in [5.41, 5.74) is 7.48. The van der Waals surface area contributed by atoms with Gasteiger partial charge in [-0.05, 0) is 18.2 Å².